The Morgan fingerprint density at radius 3 is 1.88 bits per heavy atom. The van der Waals surface area contributed by atoms with Crippen LogP contribution in [0.5, 0.6) is 0 Å². The fourth-order valence-corrected chi connectivity index (χ4v) is 2.80. The second-order valence-corrected chi connectivity index (χ2v) is 6.84. The molecule has 0 nitrogen and oxygen atoms in total. The van der Waals surface area contributed by atoms with Gasteiger partial charge in [-0.05, 0) is 24.7 Å². The van der Waals surface area contributed by atoms with Crippen molar-refractivity contribution in [2.24, 2.45) is 10.8 Å². The minimum absolute atomic E-state index is 0.434. The van der Waals surface area contributed by atoms with Gasteiger partial charge in [-0.15, -0.1) is 0 Å². The summed E-state index contributed by atoms with van der Waals surface area (Å²) in [4.78, 5) is 0. The van der Waals surface area contributed by atoms with Gasteiger partial charge < -0.3 is 0 Å². The van der Waals surface area contributed by atoms with Crippen LogP contribution in [0, 0.1) is 10.8 Å². The van der Waals surface area contributed by atoms with Crippen molar-refractivity contribution in [3.8, 4) is 0 Å². The van der Waals surface area contributed by atoms with Gasteiger partial charge in [0, 0.05) is 0 Å². The fraction of sp³-hybridized carbons (Fsp3) is 0.625. The molecule has 0 unspecified atom stereocenters. The van der Waals surface area contributed by atoms with Crippen LogP contribution in [0.15, 0.2) is 35.9 Å². The van der Waals surface area contributed by atoms with E-state index >= 15 is 0 Å². The van der Waals surface area contributed by atoms with E-state index in [1.165, 1.54) is 18.1 Å². The summed E-state index contributed by atoms with van der Waals surface area (Å²) in [7, 11) is 0. The average Bonchev–Trinajstić information content (AvgIpc) is 2.36. The highest BCUT2D eigenvalue weighted by Gasteiger charge is 2.48. The van der Waals surface area contributed by atoms with Crippen LogP contribution in [0.3, 0.4) is 0 Å². The van der Waals surface area contributed by atoms with Gasteiger partial charge in [0.05, 0.1) is 0 Å². The summed E-state index contributed by atoms with van der Waals surface area (Å²) >= 11 is 0. The third-order valence-electron chi connectivity index (χ3n) is 4.71. The summed E-state index contributed by atoms with van der Waals surface area (Å²) < 4.78 is 0. The smallest absolute Gasteiger partial charge is 0.0961 e. The van der Waals surface area contributed by atoms with Crippen LogP contribution in [0.1, 0.15) is 41.5 Å². The van der Waals surface area contributed by atoms with Gasteiger partial charge in [0.1, 0.15) is 0 Å². The van der Waals surface area contributed by atoms with E-state index in [2.05, 4.69) is 59.4 Å². The zero-order valence-corrected chi connectivity index (χ0v) is 12.4. The molecule has 0 spiro atoms. The zero-order chi connectivity index (χ0) is 13.3. The molecule has 0 aromatic rings. The molecule has 1 fully saturated rings. The Hall–Kier alpha value is -0.715. The van der Waals surface area contributed by atoms with E-state index in [-0.39, 0.29) is 0 Å². The van der Waals surface area contributed by atoms with E-state index < -0.39 is 0 Å². The van der Waals surface area contributed by atoms with E-state index in [1.54, 1.807) is 0 Å². The van der Waals surface area contributed by atoms with E-state index in [1.807, 2.05) is 6.92 Å². The molecule has 0 saturated carbocycles. The lowest BCUT2D eigenvalue weighted by Crippen LogP contribution is -2.24. The van der Waals surface area contributed by atoms with Gasteiger partial charge in [-0.1, -0.05) is 76.2 Å². The lowest BCUT2D eigenvalue weighted by molar-refractivity contribution is 0.177. The van der Waals surface area contributed by atoms with Crippen LogP contribution < -0.4 is 0 Å². The Morgan fingerprint density at radius 2 is 1.53 bits per heavy atom. The topological polar surface area (TPSA) is 0 Å². The maximum absolute atomic E-state index is 3.93. The Morgan fingerprint density at radius 1 is 1.06 bits per heavy atom. The average molecular weight is 230 g/mol. The molecular formula is C16H27B. The molecule has 0 radical (unpaired) electrons. The first-order valence-electron chi connectivity index (χ1n) is 6.69. The molecule has 17 heavy (non-hydrogen) atoms. The second kappa shape index (κ2) is 4.88. The molecule has 0 amide bonds. The first-order valence-corrected chi connectivity index (χ1v) is 6.69. The lowest BCUT2D eigenvalue weighted by atomic mass is 9.41. The highest BCUT2D eigenvalue weighted by Crippen LogP contribution is 2.54. The van der Waals surface area contributed by atoms with Gasteiger partial charge in [-0.25, -0.2) is 0 Å². The van der Waals surface area contributed by atoms with Crippen LogP contribution >= 0.6 is 0 Å². The molecule has 94 valence electrons. The minimum atomic E-state index is 0.434. The van der Waals surface area contributed by atoms with Crippen molar-refractivity contribution < 1.29 is 0 Å². The van der Waals surface area contributed by atoms with Crippen molar-refractivity contribution >= 4 is 6.71 Å². The molecule has 0 N–H and O–H groups in total. The fourth-order valence-electron chi connectivity index (χ4n) is 2.80. The highest BCUT2D eigenvalue weighted by atomic mass is 14.4. The third kappa shape index (κ3) is 3.15. The second-order valence-electron chi connectivity index (χ2n) is 6.84. The van der Waals surface area contributed by atoms with Crippen LogP contribution in [0.25, 0.3) is 0 Å². The van der Waals surface area contributed by atoms with Crippen molar-refractivity contribution in [3.63, 3.8) is 0 Å². The predicted octanol–water partition coefficient (Wildman–Crippen LogP) is 5.17. The Labute approximate surface area is 108 Å². The Balaban J connectivity index is 2.86. The largest absolute Gasteiger partial charge is 0.176 e. The number of allylic oxidation sites excluding steroid dienone is 5. The van der Waals surface area contributed by atoms with Crippen molar-refractivity contribution in [1.82, 2.24) is 0 Å². The van der Waals surface area contributed by atoms with Gasteiger partial charge in [0.25, 0.3) is 0 Å². The quantitative estimate of drug-likeness (QED) is 0.463. The summed E-state index contributed by atoms with van der Waals surface area (Å²) in [6.07, 6.45) is 9.24. The van der Waals surface area contributed by atoms with Gasteiger partial charge in [0.2, 0.25) is 0 Å². The molecule has 1 rings (SSSR count). The summed E-state index contributed by atoms with van der Waals surface area (Å²) in [5, 5.41) is 0. The van der Waals surface area contributed by atoms with E-state index in [0.29, 0.717) is 17.5 Å². The van der Waals surface area contributed by atoms with Gasteiger partial charge in [0.15, 0.2) is 6.71 Å². The SMILES string of the molecule is C=C(C)/C=C\C(=C/C)B1CC(C)(C)C(C)(C)C1. The molecule has 1 heteroatoms. The third-order valence-corrected chi connectivity index (χ3v) is 4.71. The summed E-state index contributed by atoms with van der Waals surface area (Å²) in [5.74, 6) is 0. The van der Waals surface area contributed by atoms with Crippen LogP contribution in [-0.4, -0.2) is 6.71 Å². The van der Waals surface area contributed by atoms with Crippen LogP contribution in [0.2, 0.25) is 12.6 Å². The lowest BCUT2D eigenvalue weighted by Gasteiger charge is -2.35. The molecule has 0 aromatic carbocycles. The van der Waals surface area contributed by atoms with E-state index in [9.17, 15) is 0 Å². The van der Waals surface area contributed by atoms with Crippen molar-refractivity contribution in [2.75, 3.05) is 0 Å². The van der Waals surface area contributed by atoms with Crippen LogP contribution in [-0.2, 0) is 0 Å². The Bertz CT molecular complexity index is 340. The zero-order valence-electron chi connectivity index (χ0n) is 12.4. The maximum Gasteiger partial charge on any atom is 0.176 e. The predicted molar refractivity (Wildman–Crippen MR) is 80.6 cm³/mol. The molecule has 1 aliphatic rings. The van der Waals surface area contributed by atoms with Gasteiger partial charge in [-0.2, -0.15) is 0 Å². The molecule has 1 heterocycles. The van der Waals surface area contributed by atoms with Crippen LogP contribution in [0.4, 0.5) is 0 Å². The standard InChI is InChI=1S/C16H27B/c1-8-14(10-9-13(2)3)17-11-15(4,5)16(6,7)12-17/h8-10H,2,11-12H2,1,3-7H3/b10-9-,14-8+. The van der Waals surface area contributed by atoms with E-state index in [0.717, 1.165) is 5.57 Å². The minimum Gasteiger partial charge on any atom is -0.0961 e. The van der Waals surface area contributed by atoms with Crippen molar-refractivity contribution in [1.29, 1.82) is 0 Å². The number of hydrogen-bond acceptors (Lipinski definition) is 0. The monoisotopic (exact) mass is 230 g/mol. The molecule has 1 aliphatic heterocycles. The number of rotatable bonds is 3. The normalized spacial score (nSPS) is 23.4. The summed E-state index contributed by atoms with van der Waals surface area (Å²) in [6, 6.07) is 0. The van der Waals surface area contributed by atoms with Crippen molar-refractivity contribution in [2.45, 2.75) is 54.2 Å². The van der Waals surface area contributed by atoms with Crippen molar-refractivity contribution in [3.05, 3.63) is 35.9 Å². The first-order chi connectivity index (χ1) is 7.69. The van der Waals surface area contributed by atoms with Gasteiger partial charge in [-0.3, -0.25) is 0 Å². The van der Waals surface area contributed by atoms with Gasteiger partial charge >= 0.3 is 0 Å². The Kier molecular flexibility index (Phi) is 4.12. The molecule has 0 atom stereocenters. The highest BCUT2D eigenvalue weighted by molar-refractivity contribution is 6.68. The maximum atomic E-state index is 3.93. The summed E-state index contributed by atoms with van der Waals surface area (Å²) in [6.45, 7) is 18.5. The number of hydrogen-bond donors (Lipinski definition) is 0. The first kappa shape index (κ1) is 14.3. The van der Waals surface area contributed by atoms with E-state index in [4.69, 9.17) is 0 Å². The molecule has 0 bridgehead atoms. The summed E-state index contributed by atoms with van der Waals surface area (Å²) in [5.41, 5.74) is 3.47. The molecule has 0 aliphatic carbocycles. The molecule has 1 saturated heterocycles. The molecular weight excluding hydrogens is 203 g/mol. The molecule has 0 aromatic heterocycles.